The predicted octanol–water partition coefficient (Wildman–Crippen LogP) is 2.54. The number of ether oxygens (including phenoxy) is 1. The van der Waals surface area contributed by atoms with Crippen molar-refractivity contribution in [3.05, 3.63) is 30.1 Å². The molecule has 0 aromatic heterocycles. The number of alkyl halides is 2. The van der Waals surface area contributed by atoms with Crippen LogP contribution >= 0.6 is 0 Å². The van der Waals surface area contributed by atoms with E-state index in [0.717, 1.165) is 0 Å². The summed E-state index contributed by atoms with van der Waals surface area (Å²) >= 11 is 0. The van der Waals surface area contributed by atoms with E-state index in [1.807, 2.05) is 0 Å². The van der Waals surface area contributed by atoms with E-state index in [1.54, 1.807) is 13.8 Å². The van der Waals surface area contributed by atoms with Gasteiger partial charge in [-0.15, -0.1) is 0 Å². The first-order valence-electron chi connectivity index (χ1n) is 6.47. The van der Waals surface area contributed by atoms with E-state index in [-0.39, 0.29) is 31.6 Å². The molecule has 0 aliphatic carbocycles. The Hall–Kier alpha value is -1.27. The molecule has 1 aromatic rings. The summed E-state index contributed by atoms with van der Waals surface area (Å²) < 4.78 is 42.8. The summed E-state index contributed by atoms with van der Waals surface area (Å²) in [6.45, 7) is 3.26. The zero-order valence-electron chi connectivity index (χ0n) is 11.6. The van der Waals surface area contributed by atoms with Crippen LogP contribution in [0.4, 0.5) is 13.2 Å². The topological polar surface area (TPSA) is 32.7 Å². The minimum atomic E-state index is -2.44. The van der Waals surface area contributed by atoms with E-state index in [2.05, 4.69) is 0 Å². The number of rotatable bonds is 8. The molecule has 1 rings (SSSR count). The Morgan fingerprint density at radius 1 is 1.15 bits per heavy atom. The molecule has 1 atom stereocenters. The normalized spacial score (nSPS) is 13.2. The number of hydrogen-bond donors (Lipinski definition) is 1. The van der Waals surface area contributed by atoms with Crippen molar-refractivity contribution in [2.75, 3.05) is 19.7 Å². The number of hydrogen-bond acceptors (Lipinski definition) is 3. The number of nitrogens with zero attached hydrogens (tertiary/aromatic N) is 1. The van der Waals surface area contributed by atoms with Crippen molar-refractivity contribution in [1.29, 1.82) is 0 Å². The van der Waals surface area contributed by atoms with Crippen LogP contribution in [0.2, 0.25) is 0 Å². The molecule has 0 spiro atoms. The standard InChI is InChI=1S/C14H20F3NO2/c1-10(2)18(8-14(16)17)7-12(19)9-20-13-5-3-11(15)4-6-13/h3-6,10,12,14,19H,7-9H2,1-2H3. The lowest BCUT2D eigenvalue weighted by Gasteiger charge is -2.28. The van der Waals surface area contributed by atoms with Crippen LogP contribution in [0, 0.1) is 5.82 Å². The van der Waals surface area contributed by atoms with Crippen molar-refractivity contribution < 1.29 is 23.0 Å². The van der Waals surface area contributed by atoms with Crippen molar-refractivity contribution in [3.63, 3.8) is 0 Å². The zero-order valence-corrected chi connectivity index (χ0v) is 11.6. The molecule has 1 N–H and O–H groups in total. The Kier molecular flexibility index (Phi) is 6.81. The molecule has 1 aromatic carbocycles. The Balaban J connectivity index is 2.41. The largest absolute Gasteiger partial charge is 0.491 e. The van der Waals surface area contributed by atoms with Gasteiger partial charge in [-0.1, -0.05) is 0 Å². The summed E-state index contributed by atoms with van der Waals surface area (Å²) in [5.74, 6) is 0.0521. The molecule has 20 heavy (non-hydrogen) atoms. The molecular formula is C14H20F3NO2. The van der Waals surface area contributed by atoms with Crippen molar-refractivity contribution in [2.45, 2.75) is 32.4 Å². The average Bonchev–Trinajstić information content (AvgIpc) is 2.36. The van der Waals surface area contributed by atoms with Gasteiger partial charge in [0, 0.05) is 12.6 Å². The smallest absolute Gasteiger partial charge is 0.251 e. The van der Waals surface area contributed by atoms with E-state index in [1.165, 1.54) is 29.2 Å². The molecule has 6 heteroatoms. The van der Waals surface area contributed by atoms with Gasteiger partial charge in [-0.05, 0) is 38.1 Å². The monoisotopic (exact) mass is 291 g/mol. The molecule has 1 unspecified atom stereocenters. The Labute approximate surface area is 117 Å². The second kappa shape index (κ2) is 8.11. The summed E-state index contributed by atoms with van der Waals surface area (Å²) in [6, 6.07) is 5.30. The first-order chi connectivity index (χ1) is 9.38. The van der Waals surface area contributed by atoms with Crippen molar-refractivity contribution in [1.82, 2.24) is 4.90 Å². The van der Waals surface area contributed by atoms with Gasteiger partial charge in [-0.3, -0.25) is 4.90 Å². The highest BCUT2D eigenvalue weighted by molar-refractivity contribution is 5.22. The van der Waals surface area contributed by atoms with E-state index in [4.69, 9.17) is 4.74 Å². The van der Waals surface area contributed by atoms with E-state index >= 15 is 0 Å². The van der Waals surface area contributed by atoms with Crippen LogP contribution in [0.15, 0.2) is 24.3 Å². The SMILES string of the molecule is CC(C)N(CC(F)F)CC(O)COc1ccc(F)cc1. The first-order valence-corrected chi connectivity index (χ1v) is 6.47. The number of benzene rings is 1. The Bertz CT molecular complexity index is 385. The maximum Gasteiger partial charge on any atom is 0.251 e. The number of halogens is 3. The van der Waals surface area contributed by atoms with Crippen LogP contribution in [0.25, 0.3) is 0 Å². The minimum absolute atomic E-state index is 0.0297. The third kappa shape index (κ3) is 6.25. The molecule has 0 saturated heterocycles. The lowest BCUT2D eigenvalue weighted by Crippen LogP contribution is -2.42. The highest BCUT2D eigenvalue weighted by Gasteiger charge is 2.19. The molecule has 0 heterocycles. The van der Waals surface area contributed by atoms with Gasteiger partial charge >= 0.3 is 0 Å². The summed E-state index contributed by atoms with van der Waals surface area (Å²) in [7, 11) is 0. The van der Waals surface area contributed by atoms with Gasteiger partial charge < -0.3 is 9.84 Å². The second-order valence-electron chi connectivity index (χ2n) is 4.86. The fourth-order valence-electron chi connectivity index (χ4n) is 1.72. The molecule has 0 amide bonds. The van der Waals surface area contributed by atoms with Crippen LogP contribution in [0.5, 0.6) is 5.75 Å². The fraction of sp³-hybridized carbons (Fsp3) is 0.571. The van der Waals surface area contributed by atoms with E-state index in [9.17, 15) is 18.3 Å². The molecule has 0 fully saturated rings. The molecule has 0 bridgehead atoms. The fourth-order valence-corrected chi connectivity index (χ4v) is 1.72. The van der Waals surface area contributed by atoms with Crippen LogP contribution in [0.3, 0.4) is 0 Å². The van der Waals surface area contributed by atoms with Crippen LogP contribution < -0.4 is 4.74 Å². The molecule has 0 radical (unpaired) electrons. The molecule has 114 valence electrons. The Morgan fingerprint density at radius 3 is 2.25 bits per heavy atom. The lowest BCUT2D eigenvalue weighted by atomic mass is 10.2. The van der Waals surface area contributed by atoms with Crippen molar-refractivity contribution in [2.24, 2.45) is 0 Å². The van der Waals surface area contributed by atoms with Crippen LogP contribution in [-0.2, 0) is 0 Å². The zero-order chi connectivity index (χ0) is 15.1. The Morgan fingerprint density at radius 2 is 1.75 bits per heavy atom. The molecule has 3 nitrogen and oxygen atoms in total. The van der Waals surface area contributed by atoms with E-state index < -0.39 is 12.5 Å². The third-order valence-corrected chi connectivity index (χ3v) is 2.80. The third-order valence-electron chi connectivity index (χ3n) is 2.80. The van der Waals surface area contributed by atoms with E-state index in [0.29, 0.717) is 5.75 Å². The molecular weight excluding hydrogens is 271 g/mol. The number of aliphatic hydroxyl groups is 1. The van der Waals surface area contributed by atoms with Crippen LogP contribution in [-0.4, -0.2) is 48.3 Å². The van der Waals surface area contributed by atoms with Crippen molar-refractivity contribution >= 4 is 0 Å². The highest BCUT2D eigenvalue weighted by Crippen LogP contribution is 2.12. The summed E-state index contributed by atoms with van der Waals surface area (Å²) in [4.78, 5) is 1.49. The maximum atomic E-state index is 12.7. The summed E-state index contributed by atoms with van der Waals surface area (Å²) in [5, 5.41) is 9.81. The van der Waals surface area contributed by atoms with Gasteiger partial charge in [0.05, 0.1) is 6.54 Å². The van der Waals surface area contributed by atoms with Gasteiger partial charge in [0.2, 0.25) is 0 Å². The minimum Gasteiger partial charge on any atom is -0.491 e. The van der Waals surface area contributed by atoms with Gasteiger partial charge in [-0.25, -0.2) is 13.2 Å². The molecule has 0 saturated carbocycles. The summed E-state index contributed by atoms with van der Waals surface area (Å²) in [6.07, 6.45) is -3.33. The lowest BCUT2D eigenvalue weighted by molar-refractivity contribution is 0.0233. The van der Waals surface area contributed by atoms with Gasteiger partial charge in [0.1, 0.15) is 24.3 Å². The second-order valence-corrected chi connectivity index (χ2v) is 4.86. The van der Waals surface area contributed by atoms with Crippen molar-refractivity contribution in [3.8, 4) is 5.75 Å². The quantitative estimate of drug-likeness (QED) is 0.799. The first kappa shape index (κ1) is 16.8. The van der Waals surface area contributed by atoms with Gasteiger partial charge in [0.15, 0.2) is 0 Å². The predicted molar refractivity (Wildman–Crippen MR) is 70.6 cm³/mol. The average molecular weight is 291 g/mol. The maximum absolute atomic E-state index is 12.7. The molecule has 0 aliphatic rings. The van der Waals surface area contributed by atoms with Crippen LogP contribution in [0.1, 0.15) is 13.8 Å². The van der Waals surface area contributed by atoms with Gasteiger partial charge in [0.25, 0.3) is 6.43 Å². The van der Waals surface area contributed by atoms with Gasteiger partial charge in [-0.2, -0.15) is 0 Å². The summed E-state index contributed by atoms with van der Waals surface area (Å²) in [5.41, 5.74) is 0. The molecule has 0 aliphatic heterocycles. The number of aliphatic hydroxyl groups excluding tert-OH is 1. The highest BCUT2D eigenvalue weighted by atomic mass is 19.3.